The van der Waals surface area contributed by atoms with Crippen molar-refractivity contribution in [2.45, 2.75) is 59.1 Å². The van der Waals surface area contributed by atoms with Crippen LogP contribution < -0.4 is 0 Å². The molecule has 6 nitrogen and oxygen atoms in total. The number of aromatic nitrogens is 3. The maximum atomic E-state index is 12.9. The van der Waals surface area contributed by atoms with Crippen LogP contribution in [0.25, 0.3) is 11.0 Å². The Balaban J connectivity index is 2.58. The summed E-state index contributed by atoms with van der Waals surface area (Å²) in [5.41, 5.74) is 1.24. The number of hydrogen-bond acceptors (Lipinski definition) is 4. The average molecular weight is 332 g/mol. The number of fused-ring (bicyclic) bond motifs is 1. The molecule has 0 bridgehead atoms. The Morgan fingerprint density at radius 3 is 2.46 bits per heavy atom. The fourth-order valence-corrected chi connectivity index (χ4v) is 2.75. The van der Waals surface area contributed by atoms with Gasteiger partial charge in [0.2, 0.25) is 0 Å². The van der Waals surface area contributed by atoms with Gasteiger partial charge >= 0.3 is 0 Å². The normalized spacial score (nSPS) is 12.4. The maximum absolute atomic E-state index is 12.9. The van der Waals surface area contributed by atoms with E-state index in [9.17, 15) is 9.90 Å². The molecule has 1 amide bonds. The van der Waals surface area contributed by atoms with Gasteiger partial charge in [-0.1, -0.05) is 13.8 Å². The van der Waals surface area contributed by atoms with Crippen molar-refractivity contribution < 1.29 is 9.90 Å². The van der Waals surface area contributed by atoms with Gasteiger partial charge in [-0.2, -0.15) is 5.10 Å². The predicted octanol–water partition coefficient (Wildman–Crippen LogP) is 2.98. The van der Waals surface area contributed by atoms with Gasteiger partial charge in [0.1, 0.15) is 0 Å². The third-order valence-corrected chi connectivity index (χ3v) is 3.87. The highest BCUT2D eigenvalue weighted by molar-refractivity contribution is 6.05. The van der Waals surface area contributed by atoms with Gasteiger partial charge in [0.15, 0.2) is 5.65 Å². The lowest BCUT2D eigenvalue weighted by molar-refractivity contribution is 0.0369. The molecule has 0 saturated heterocycles. The van der Waals surface area contributed by atoms with E-state index in [0.717, 1.165) is 16.7 Å². The molecule has 0 unspecified atom stereocenters. The fourth-order valence-electron chi connectivity index (χ4n) is 2.75. The van der Waals surface area contributed by atoms with Crippen molar-refractivity contribution >= 4 is 16.9 Å². The number of amides is 1. The second-order valence-electron chi connectivity index (χ2n) is 7.64. The minimum atomic E-state index is -0.945. The largest absolute Gasteiger partial charge is 0.389 e. The lowest BCUT2D eigenvalue weighted by atomic mass is 10.0. The van der Waals surface area contributed by atoms with Gasteiger partial charge in [0.05, 0.1) is 22.7 Å². The molecule has 0 aliphatic heterocycles. The predicted molar refractivity (Wildman–Crippen MR) is 95.3 cm³/mol. The van der Waals surface area contributed by atoms with Crippen LogP contribution in [0.15, 0.2) is 12.3 Å². The molecule has 2 aromatic heterocycles. The molecule has 0 radical (unpaired) electrons. The van der Waals surface area contributed by atoms with Crippen LogP contribution in [-0.4, -0.2) is 49.9 Å². The summed E-state index contributed by atoms with van der Waals surface area (Å²) in [6.45, 7) is 11.8. The molecule has 0 aliphatic carbocycles. The van der Waals surface area contributed by atoms with Crippen LogP contribution in [0.3, 0.4) is 0 Å². The van der Waals surface area contributed by atoms with E-state index in [2.05, 4.69) is 18.9 Å². The van der Waals surface area contributed by atoms with Gasteiger partial charge in [-0.15, -0.1) is 0 Å². The summed E-state index contributed by atoms with van der Waals surface area (Å²) in [7, 11) is 1.70. The van der Waals surface area contributed by atoms with Crippen LogP contribution >= 0.6 is 0 Å². The van der Waals surface area contributed by atoms with E-state index in [-0.39, 0.29) is 24.4 Å². The highest BCUT2D eigenvalue weighted by atomic mass is 16.3. The number of rotatable bonds is 5. The molecule has 0 aliphatic rings. The first-order valence-corrected chi connectivity index (χ1v) is 8.37. The van der Waals surface area contributed by atoms with Crippen LogP contribution in [0.1, 0.15) is 69.6 Å². The van der Waals surface area contributed by atoms with E-state index in [0.29, 0.717) is 5.56 Å². The van der Waals surface area contributed by atoms with E-state index in [4.69, 9.17) is 4.98 Å². The molecule has 2 aromatic rings. The molecule has 2 rings (SSSR count). The number of hydrogen-bond donors (Lipinski definition) is 1. The second kappa shape index (κ2) is 6.51. The summed E-state index contributed by atoms with van der Waals surface area (Å²) in [6, 6.07) is 2.01. The Hall–Kier alpha value is -1.95. The fraction of sp³-hybridized carbons (Fsp3) is 0.611. The first kappa shape index (κ1) is 18.4. The number of likely N-dealkylation sites (N-methyl/N-ethyl adjacent to an activating group) is 1. The molecule has 0 fully saturated rings. The van der Waals surface area contributed by atoms with Crippen molar-refractivity contribution in [2.24, 2.45) is 0 Å². The minimum absolute atomic E-state index is 0.130. The van der Waals surface area contributed by atoms with Crippen LogP contribution in [0.2, 0.25) is 0 Å². The lowest BCUT2D eigenvalue weighted by Gasteiger charge is -2.26. The highest BCUT2D eigenvalue weighted by Crippen LogP contribution is 2.25. The first-order valence-electron chi connectivity index (χ1n) is 8.37. The number of aliphatic hydroxyl groups is 1. The van der Waals surface area contributed by atoms with E-state index < -0.39 is 5.60 Å². The SMILES string of the molecule is CC(C)c1cc(C(=O)N(C)CC(C)(C)O)c2cnn(C(C)C)c2n1. The number of carbonyl (C=O) groups is 1. The van der Waals surface area contributed by atoms with Crippen molar-refractivity contribution in [1.82, 2.24) is 19.7 Å². The Morgan fingerprint density at radius 1 is 1.33 bits per heavy atom. The van der Waals surface area contributed by atoms with E-state index >= 15 is 0 Å². The molecule has 6 heteroatoms. The third kappa shape index (κ3) is 3.75. The summed E-state index contributed by atoms with van der Waals surface area (Å²) in [5, 5.41) is 15.2. The second-order valence-corrected chi connectivity index (χ2v) is 7.64. The molecule has 132 valence electrons. The van der Waals surface area contributed by atoms with E-state index in [1.807, 2.05) is 24.6 Å². The van der Waals surface area contributed by atoms with Gasteiger partial charge < -0.3 is 10.0 Å². The topological polar surface area (TPSA) is 71.2 Å². The van der Waals surface area contributed by atoms with Crippen LogP contribution in [0.5, 0.6) is 0 Å². The minimum Gasteiger partial charge on any atom is -0.389 e. The zero-order chi connectivity index (χ0) is 18.2. The van der Waals surface area contributed by atoms with Crippen molar-refractivity contribution in [2.75, 3.05) is 13.6 Å². The molecule has 0 saturated carbocycles. The summed E-state index contributed by atoms with van der Waals surface area (Å²) < 4.78 is 1.84. The summed E-state index contributed by atoms with van der Waals surface area (Å²) in [4.78, 5) is 19.2. The van der Waals surface area contributed by atoms with Gasteiger partial charge in [-0.25, -0.2) is 9.67 Å². The molecule has 24 heavy (non-hydrogen) atoms. The third-order valence-electron chi connectivity index (χ3n) is 3.87. The van der Waals surface area contributed by atoms with Crippen LogP contribution in [0.4, 0.5) is 0 Å². The summed E-state index contributed by atoms with van der Waals surface area (Å²) in [6.07, 6.45) is 1.71. The molecule has 2 heterocycles. The Labute approximate surface area is 143 Å². The van der Waals surface area contributed by atoms with Crippen molar-refractivity contribution in [3.8, 4) is 0 Å². The zero-order valence-corrected chi connectivity index (χ0v) is 15.7. The highest BCUT2D eigenvalue weighted by Gasteiger charge is 2.24. The van der Waals surface area contributed by atoms with Crippen molar-refractivity contribution in [1.29, 1.82) is 0 Å². The van der Waals surface area contributed by atoms with Crippen LogP contribution in [0, 0.1) is 0 Å². The Morgan fingerprint density at radius 2 is 1.96 bits per heavy atom. The standard InChI is InChI=1S/C18H28N4O2/c1-11(2)15-8-13(17(23)21(7)10-18(5,6)24)14-9-19-22(12(3)4)16(14)20-15/h8-9,11-12,24H,10H2,1-7H3. The molecule has 0 spiro atoms. The summed E-state index contributed by atoms with van der Waals surface area (Å²) in [5.74, 6) is 0.0748. The molecular formula is C18H28N4O2. The average Bonchev–Trinajstić information content (AvgIpc) is 2.87. The molecule has 0 aromatic carbocycles. The van der Waals surface area contributed by atoms with Gasteiger partial charge in [0.25, 0.3) is 5.91 Å². The first-order chi connectivity index (χ1) is 11.0. The lowest BCUT2D eigenvalue weighted by Crippen LogP contribution is -2.39. The van der Waals surface area contributed by atoms with Gasteiger partial charge in [-0.3, -0.25) is 4.79 Å². The van der Waals surface area contributed by atoms with Gasteiger partial charge in [-0.05, 0) is 39.7 Å². The van der Waals surface area contributed by atoms with Crippen LogP contribution in [-0.2, 0) is 0 Å². The molecule has 0 atom stereocenters. The van der Waals surface area contributed by atoms with E-state index in [1.165, 1.54) is 0 Å². The number of carbonyl (C=O) groups excluding carboxylic acids is 1. The van der Waals surface area contributed by atoms with Crippen molar-refractivity contribution in [3.05, 3.63) is 23.5 Å². The number of nitrogens with zero attached hydrogens (tertiary/aromatic N) is 4. The van der Waals surface area contributed by atoms with Crippen molar-refractivity contribution in [3.63, 3.8) is 0 Å². The Kier molecular flexibility index (Phi) is 4.99. The smallest absolute Gasteiger partial charge is 0.254 e. The quantitative estimate of drug-likeness (QED) is 0.914. The Bertz CT molecular complexity index is 741. The monoisotopic (exact) mass is 332 g/mol. The molecular weight excluding hydrogens is 304 g/mol. The maximum Gasteiger partial charge on any atom is 0.254 e. The number of pyridine rings is 1. The zero-order valence-electron chi connectivity index (χ0n) is 15.7. The van der Waals surface area contributed by atoms with Gasteiger partial charge in [0, 0.05) is 25.3 Å². The summed E-state index contributed by atoms with van der Waals surface area (Å²) >= 11 is 0. The van der Waals surface area contributed by atoms with E-state index in [1.54, 1.807) is 32.0 Å². The molecule has 1 N–H and O–H groups in total.